The van der Waals surface area contributed by atoms with E-state index in [0.29, 0.717) is 0 Å². The Morgan fingerprint density at radius 1 is 1.18 bits per heavy atom. The highest BCUT2D eigenvalue weighted by molar-refractivity contribution is 5.45. The normalized spacial score (nSPS) is 10.5. The number of imidazole rings is 1. The second kappa shape index (κ2) is 5.50. The second-order valence-corrected chi connectivity index (χ2v) is 4.24. The summed E-state index contributed by atoms with van der Waals surface area (Å²) in [7, 11) is 4.09. The van der Waals surface area contributed by atoms with Gasteiger partial charge in [-0.1, -0.05) is 12.1 Å². The molecule has 0 aliphatic heterocycles. The van der Waals surface area contributed by atoms with Gasteiger partial charge >= 0.3 is 0 Å². The molecule has 0 saturated heterocycles. The Balaban J connectivity index is 1.83. The van der Waals surface area contributed by atoms with Crippen molar-refractivity contribution in [1.82, 2.24) is 15.3 Å². The van der Waals surface area contributed by atoms with Gasteiger partial charge in [0.15, 0.2) is 0 Å². The number of anilines is 1. The molecule has 4 heteroatoms. The van der Waals surface area contributed by atoms with Gasteiger partial charge in [-0.25, -0.2) is 4.98 Å². The van der Waals surface area contributed by atoms with Crippen LogP contribution in [0.3, 0.4) is 0 Å². The molecule has 17 heavy (non-hydrogen) atoms. The monoisotopic (exact) mass is 230 g/mol. The van der Waals surface area contributed by atoms with Gasteiger partial charge in [0.1, 0.15) is 0 Å². The van der Waals surface area contributed by atoms with E-state index in [1.807, 2.05) is 20.3 Å². The van der Waals surface area contributed by atoms with Gasteiger partial charge in [-0.05, 0) is 17.7 Å². The van der Waals surface area contributed by atoms with E-state index < -0.39 is 0 Å². The number of H-pyrrole nitrogens is 1. The van der Waals surface area contributed by atoms with Crippen LogP contribution >= 0.6 is 0 Å². The topological polar surface area (TPSA) is 44.0 Å². The molecule has 90 valence electrons. The predicted octanol–water partition coefficient (Wildman–Crippen LogP) is 1.77. The van der Waals surface area contributed by atoms with E-state index in [1.165, 1.54) is 11.3 Å². The molecule has 2 aromatic rings. The van der Waals surface area contributed by atoms with Crippen LogP contribution in [-0.4, -0.2) is 24.1 Å². The minimum Gasteiger partial charge on any atom is -0.378 e. The molecule has 0 fully saturated rings. The second-order valence-electron chi connectivity index (χ2n) is 4.24. The first-order chi connectivity index (χ1) is 8.25. The third-order valence-electron chi connectivity index (χ3n) is 2.65. The van der Waals surface area contributed by atoms with E-state index in [-0.39, 0.29) is 0 Å². The summed E-state index contributed by atoms with van der Waals surface area (Å²) in [5, 5.41) is 3.37. The van der Waals surface area contributed by atoms with Crippen LogP contribution in [0.25, 0.3) is 0 Å². The summed E-state index contributed by atoms with van der Waals surface area (Å²) in [6, 6.07) is 8.56. The van der Waals surface area contributed by atoms with Crippen LogP contribution < -0.4 is 10.2 Å². The Hall–Kier alpha value is -1.81. The van der Waals surface area contributed by atoms with E-state index in [2.05, 4.69) is 44.5 Å². The molecule has 4 nitrogen and oxygen atoms in total. The van der Waals surface area contributed by atoms with Crippen molar-refractivity contribution in [2.45, 2.75) is 13.1 Å². The largest absolute Gasteiger partial charge is 0.378 e. The molecule has 2 rings (SSSR count). The van der Waals surface area contributed by atoms with E-state index in [4.69, 9.17) is 0 Å². The number of nitrogens with zero attached hydrogens (tertiary/aromatic N) is 2. The van der Waals surface area contributed by atoms with Crippen LogP contribution in [0.5, 0.6) is 0 Å². The van der Waals surface area contributed by atoms with Crippen molar-refractivity contribution in [2.75, 3.05) is 19.0 Å². The van der Waals surface area contributed by atoms with Gasteiger partial charge in [0, 0.05) is 44.8 Å². The molecule has 0 spiro atoms. The first-order valence-electron chi connectivity index (χ1n) is 5.70. The zero-order valence-electron chi connectivity index (χ0n) is 10.3. The van der Waals surface area contributed by atoms with Gasteiger partial charge in [-0.15, -0.1) is 0 Å². The first-order valence-corrected chi connectivity index (χ1v) is 5.70. The van der Waals surface area contributed by atoms with Crippen molar-refractivity contribution in [3.8, 4) is 0 Å². The first kappa shape index (κ1) is 11.7. The molecule has 2 N–H and O–H groups in total. The van der Waals surface area contributed by atoms with E-state index >= 15 is 0 Å². The van der Waals surface area contributed by atoms with Crippen LogP contribution in [0, 0.1) is 0 Å². The number of aromatic nitrogens is 2. The lowest BCUT2D eigenvalue weighted by Crippen LogP contribution is -2.13. The predicted molar refractivity (Wildman–Crippen MR) is 69.9 cm³/mol. The molecule has 0 atom stereocenters. The van der Waals surface area contributed by atoms with Crippen LogP contribution in [0.4, 0.5) is 5.69 Å². The van der Waals surface area contributed by atoms with Gasteiger partial charge in [0.25, 0.3) is 0 Å². The molecule has 0 amide bonds. The standard InChI is InChI=1S/C13H18N4/c1-17(2)13-5-3-11(4-6-13)7-14-8-12-9-15-10-16-12/h3-6,9-10,14H,7-8H2,1-2H3,(H,15,16). The van der Waals surface area contributed by atoms with Crippen molar-refractivity contribution in [1.29, 1.82) is 0 Å². The van der Waals surface area contributed by atoms with Gasteiger partial charge in [-0.2, -0.15) is 0 Å². The Morgan fingerprint density at radius 2 is 1.94 bits per heavy atom. The van der Waals surface area contributed by atoms with Crippen molar-refractivity contribution >= 4 is 5.69 Å². The quantitative estimate of drug-likeness (QED) is 0.822. The fourth-order valence-electron chi connectivity index (χ4n) is 1.63. The third-order valence-corrected chi connectivity index (χ3v) is 2.65. The van der Waals surface area contributed by atoms with Crippen LogP contribution in [0.2, 0.25) is 0 Å². The summed E-state index contributed by atoms with van der Waals surface area (Å²) in [5.74, 6) is 0. The fourth-order valence-corrected chi connectivity index (χ4v) is 1.63. The fraction of sp³-hybridized carbons (Fsp3) is 0.308. The minimum atomic E-state index is 0.815. The Bertz CT molecular complexity index is 431. The van der Waals surface area contributed by atoms with E-state index in [0.717, 1.165) is 18.8 Å². The Morgan fingerprint density at radius 3 is 2.53 bits per heavy atom. The van der Waals surface area contributed by atoms with Crippen molar-refractivity contribution in [2.24, 2.45) is 0 Å². The molecule has 1 aromatic carbocycles. The minimum absolute atomic E-state index is 0.815. The highest BCUT2D eigenvalue weighted by Gasteiger charge is 1.97. The van der Waals surface area contributed by atoms with Crippen LogP contribution in [0.15, 0.2) is 36.8 Å². The molecule has 1 aromatic heterocycles. The third kappa shape index (κ3) is 3.32. The van der Waals surface area contributed by atoms with Gasteiger partial charge in [0.05, 0.1) is 6.33 Å². The lowest BCUT2D eigenvalue weighted by molar-refractivity contribution is 0.682. The summed E-state index contributed by atoms with van der Waals surface area (Å²) in [5.41, 5.74) is 3.62. The number of nitrogens with one attached hydrogen (secondary N) is 2. The summed E-state index contributed by atoms with van der Waals surface area (Å²) in [6.45, 7) is 1.68. The molecule has 1 heterocycles. The van der Waals surface area contributed by atoms with Gasteiger partial charge in [-0.3, -0.25) is 0 Å². The van der Waals surface area contributed by atoms with Gasteiger partial charge < -0.3 is 15.2 Å². The van der Waals surface area contributed by atoms with E-state index in [9.17, 15) is 0 Å². The average Bonchev–Trinajstić information content (AvgIpc) is 2.83. The SMILES string of the molecule is CN(C)c1ccc(CNCc2cnc[nH]2)cc1. The molecule has 0 radical (unpaired) electrons. The molecule has 0 unspecified atom stereocenters. The number of benzene rings is 1. The molecular weight excluding hydrogens is 212 g/mol. The molecule has 0 saturated carbocycles. The number of hydrogen-bond donors (Lipinski definition) is 2. The maximum Gasteiger partial charge on any atom is 0.0922 e. The zero-order chi connectivity index (χ0) is 12.1. The lowest BCUT2D eigenvalue weighted by Gasteiger charge is -2.12. The maximum atomic E-state index is 3.98. The van der Waals surface area contributed by atoms with Crippen molar-refractivity contribution in [3.05, 3.63) is 48.0 Å². The van der Waals surface area contributed by atoms with Crippen LogP contribution in [0.1, 0.15) is 11.3 Å². The summed E-state index contributed by atoms with van der Waals surface area (Å²) < 4.78 is 0. The Kier molecular flexibility index (Phi) is 3.77. The van der Waals surface area contributed by atoms with Gasteiger partial charge in [0.2, 0.25) is 0 Å². The number of hydrogen-bond acceptors (Lipinski definition) is 3. The molecule has 0 bridgehead atoms. The Labute approximate surface area is 102 Å². The number of rotatable bonds is 5. The molecule has 0 aliphatic carbocycles. The van der Waals surface area contributed by atoms with E-state index in [1.54, 1.807) is 6.33 Å². The lowest BCUT2D eigenvalue weighted by atomic mass is 10.2. The number of aromatic amines is 1. The average molecular weight is 230 g/mol. The maximum absolute atomic E-state index is 3.98. The summed E-state index contributed by atoms with van der Waals surface area (Å²) in [6.07, 6.45) is 3.53. The molecule has 0 aliphatic rings. The molecular formula is C13H18N4. The zero-order valence-corrected chi connectivity index (χ0v) is 10.3. The highest BCUT2D eigenvalue weighted by Crippen LogP contribution is 2.11. The highest BCUT2D eigenvalue weighted by atomic mass is 15.1. The van der Waals surface area contributed by atoms with Crippen molar-refractivity contribution < 1.29 is 0 Å². The van der Waals surface area contributed by atoms with Crippen LogP contribution in [-0.2, 0) is 13.1 Å². The smallest absolute Gasteiger partial charge is 0.0922 e. The summed E-state index contributed by atoms with van der Waals surface area (Å²) >= 11 is 0. The summed E-state index contributed by atoms with van der Waals surface area (Å²) in [4.78, 5) is 9.14. The van der Waals surface area contributed by atoms with Crippen molar-refractivity contribution in [3.63, 3.8) is 0 Å².